The van der Waals surface area contributed by atoms with Crippen LogP contribution >= 0.6 is 0 Å². The number of halogens is 1. The molecule has 2 unspecified atom stereocenters. The number of aromatic nitrogens is 1. The van der Waals surface area contributed by atoms with Crippen molar-refractivity contribution in [3.05, 3.63) is 77.2 Å². The molecule has 190 valence electrons. The van der Waals surface area contributed by atoms with Crippen molar-refractivity contribution in [2.24, 2.45) is 0 Å². The topological polar surface area (TPSA) is 80.7 Å². The molecule has 1 saturated heterocycles. The molecule has 5 rings (SSSR count). The van der Waals surface area contributed by atoms with Gasteiger partial charge in [0, 0.05) is 35.5 Å². The molecule has 1 aliphatic heterocycles. The molecule has 2 aliphatic rings. The Kier molecular flexibility index (Phi) is 7.38. The summed E-state index contributed by atoms with van der Waals surface area (Å²) in [5.74, 6) is 4.88. The van der Waals surface area contributed by atoms with E-state index in [1.807, 2.05) is 42.5 Å². The lowest BCUT2D eigenvalue weighted by Gasteiger charge is -2.18. The fourth-order valence-electron chi connectivity index (χ4n) is 5.13. The fraction of sp³-hybridized carbons (Fsp3) is 0.333. The lowest BCUT2D eigenvalue weighted by Crippen LogP contribution is -2.16. The van der Waals surface area contributed by atoms with Gasteiger partial charge in [0.25, 0.3) is 0 Å². The highest BCUT2D eigenvalue weighted by atomic mass is 19.1. The number of rotatable bonds is 8. The van der Waals surface area contributed by atoms with Gasteiger partial charge in [0.05, 0.1) is 31.6 Å². The summed E-state index contributed by atoms with van der Waals surface area (Å²) in [6, 6.07) is 14.6. The number of hydrogen-bond donors (Lipinski definition) is 2. The SMILES string of the molecule is CC#CC(CC(=O)O)c1ccc(N[C@@H]2CCc3c(-c4ccc(OC5CCOC5)nc4)ccc(F)c32)cc1. The summed E-state index contributed by atoms with van der Waals surface area (Å²) >= 11 is 0. The van der Waals surface area contributed by atoms with Gasteiger partial charge in [0.15, 0.2) is 0 Å². The van der Waals surface area contributed by atoms with Crippen LogP contribution in [-0.4, -0.2) is 35.4 Å². The molecule has 2 N–H and O–H groups in total. The molecule has 2 heterocycles. The zero-order valence-corrected chi connectivity index (χ0v) is 20.7. The second-order valence-electron chi connectivity index (χ2n) is 9.38. The van der Waals surface area contributed by atoms with Crippen molar-refractivity contribution in [2.45, 2.75) is 50.7 Å². The first kappa shape index (κ1) is 24.8. The van der Waals surface area contributed by atoms with E-state index in [1.165, 1.54) is 6.07 Å². The van der Waals surface area contributed by atoms with Crippen molar-refractivity contribution in [1.82, 2.24) is 4.98 Å². The quantitative estimate of drug-likeness (QED) is 0.384. The summed E-state index contributed by atoms with van der Waals surface area (Å²) < 4.78 is 26.3. The van der Waals surface area contributed by atoms with Gasteiger partial charge in [0.1, 0.15) is 11.9 Å². The van der Waals surface area contributed by atoms with Crippen molar-refractivity contribution < 1.29 is 23.8 Å². The molecule has 0 amide bonds. The Labute approximate surface area is 215 Å². The van der Waals surface area contributed by atoms with Crippen molar-refractivity contribution >= 4 is 11.7 Å². The number of carbonyl (C=O) groups is 1. The largest absolute Gasteiger partial charge is 0.481 e. The molecule has 37 heavy (non-hydrogen) atoms. The van der Waals surface area contributed by atoms with E-state index in [1.54, 1.807) is 13.1 Å². The van der Waals surface area contributed by atoms with E-state index in [2.05, 4.69) is 22.1 Å². The number of nitrogens with one attached hydrogen (secondary N) is 1. The Morgan fingerprint density at radius 3 is 2.73 bits per heavy atom. The molecular formula is C30H29FN2O4. The number of ether oxygens (including phenoxy) is 2. The van der Waals surface area contributed by atoms with Crippen molar-refractivity contribution in [3.8, 4) is 28.8 Å². The van der Waals surface area contributed by atoms with Crippen molar-refractivity contribution in [1.29, 1.82) is 0 Å². The Morgan fingerprint density at radius 1 is 1.22 bits per heavy atom. The van der Waals surface area contributed by atoms with Gasteiger partial charge in [0.2, 0.25) is 5.88 Å². The summed E-state index contributed by atoms with van der Waals surface area (Å²) in [4.78, 5) is 15.7. The van der Waals surface area contributed by atoms with Gasteiger partial charge >= 0.3 is 5.97 Å². The molecule has 0 spiro atoms. The molecule has 3 atom stereocenters. The van der Waals surface area contributed by atoms with E-state index in [-0.39, 0.29) is 30.3 Å². The number of fused-ring (bicyclic) bond motifs is 1. The number of pyridine rings is 1. The zero-order chi connectivity index (χ0) is 25.8. The highest BCUT2D eigenvalue weighted by molar-refractivity contribution is 5.71. The normalized spacial score (nSPS) is 19.0. The minimum absolute atomic E-state index is 0.0388. The minimum Gasteiger partial charge on any atom is -0.481 e. The van der Waals surface area contributed by atoms with Crippen LogP contribution in [0.2, 0.25) is 0 Å². The maximum Gasteiger partial charge on any atom is 0.304 e. The second-order valence-corrected chi connectivity index (χ2v) is 9.38. The first-order valence-corrected chi connectivity index (χ1v) is 12.5. The van der Waals surface area contributed by atoms with Gasteiger partial charge in [-0.2, -0.15) is 0 Å². The monoisotopic (exact) mass is 500 g/mol. The van der Waals surface area contributed by atoms with Gasteiger partial charge < -0.3 is 19.9 Å². The molecule has 1 aromatic heterocycles. The van der Waals surface area contributed by atoms with Crippen LogP contribution in [0, 0.1) is 17.7 Å². The number of aliphatic carboxylic acids is 1. The van der Waals surface area contributed by atoms with E-state index in [4.69, 9.17) is 9.47 Å². The van der Waals surface area contributed by atoms with Crippen LogP contribution in [0.1, 0.15) is 54.8 Å². The first-order valence-electron chi connectivity index (χ1n) is 12.5. The molecule has 6 nitrogen and oxygen atoms in total. The van der Waals surface area contributed by atoms with Crippen LogP contribution in [0.25, 0.3) is 11.1 Å². The van der Waals surface area contributed by atoms with Crippen LogP contribution in [0.15, 0.2) is 54.7 Å². The molecule has 0 saturated carbocycles. The Bertz CT molecular complexity index is 1320. The standard InChI is InChI=1S/C30H29FN2O4/c1-2-3-20(16-29(34)35)19-4-7-22(8-5-19)33-27-12-10-25-24(9-11-26(31)30(25)27)21-6-13-28(32-17-21)37-23-14-15-36-18-23/h4-9,11,13,17,20,23,27,33H,10,12,14-16,18H2,1H3,(H,34,35)/t20?,23?,27-/m1/s1. The Morgan fingerprint density at radius 2 is 2.05 bits per heavy atom. The molecule has 2 aromatic carbocycles. The molecule has 0 bridgehead atoms. The number of carboxylic acid groups (broad SMARTS) is 1. The van der Waals surface area contributed by atoms with Crippen LogP contribution in [-0.2, 0) is 16.0 Å². The van der Waals surface area contributed by atoms with E-state index in [9.17, 15) is 9.90 Å². The fourth-order valence-corrected chi connectivity index (χ4v) is 5.13. The molecule has 7 heteroatoms. The van der Waals surface area contributed by atoms with E-state index in [0.717, 1.165) is 47.2 Å². The molecule has 1 aliphatic carbocycles. The highest BCUT2D eigenvalue weighted by Gasteiger charge is 2.29. The number of hydrogen-bond acceptors (Lipinski definition) is 5. The van der Waals surface area contributed by atoms with E-state index >= 15 is 4.39 Å². The summed E-state index contributed by atoms with van der Waals surface area (Å²) in [6.07, 6.45) is 4.16. The predicted molar refractivity (Wildman–Crippen MR) is 139 cm³/mol. The van der Waals surface area contributed by atoms with Gasteiger partial charge in [-0.05, 0) is 60.7 Å². The maximum atomic E-state index is 15.0. The predicted octanol–water partition coefficient (Wildman–Crippen LogP) is 5.74. The summed E-state index contributed by atoms with van der Waals surface area (Å²) in [7, 11) is 0. The third kappa shape index (κ3) is 5.60. The van der Waals surface area contributed by atoms with Crippen molar-refractivity contribution in [2.75, 3.05) is 18.5 Å². The molecular weight excluding hydrogens is 471 g/mol. The third-order valence-corrected chi connectivity index (χ3v) is 6.91. The van der Waals surface area contributed by atoms with E-state index < -0.39 is 5.97 Å². The highest BCUT2D eigenvalue weighted by Crippen LogP contribution is 2.41. The summed E-state index contributed by atoms with van der Waals surface area (Å²) in [5.41, 5.74) is 5.29. The van der Waals surface area contributed by atoms with Gasteiger partial charge in [-0.3, -0.25) is 4.79 Å². The average molecular weight is 501 g/mol. The van der Waals surface area contributed by atoms with Crippen molar-refractivity contribution in [3.63, 3.8) is 0 Å². The Balaban J connectivity index is 1.33. The summed E-state index contributed by atoms with van der Waals surface area (Å²) in [5, 5.41) is 12.6. The van der Waals surface area contributed by atoms with Crippen LogP contribution in [0.3, 0.4) is 0 Å². The number of benzene rings is 2. The molecule has 3 aromatic rings. The lowest BCUT2D eigenvalue weighted by atomic mass is 9.95. The maximum absolute atomic E-state index is 15.0. The first-order chi connectivity index (χ1) is 18.0. The zero-order valence-electron chi connectivity index (χ0n) is 20.7. The Hall–Kier alpha value is -3.89. The number of nitrogens with zero attached hydrogens (tertiary/aromatic N) is 1. The minimum atomic E-state index is -0.885. The van der Waals surface area contributed by atoms with Gasteiger partial charge in [-0.15, -0.1) is 5.92 Å². The van der Waals surface area contributed by atoms with Gasteiger partial charge in [-0.1, -0.05) is 24.1 Å². The van der Waals surface area contributed by atoms with Crippen LogP contribution < -0.4 is 10.1 Å². The average Bonchev–Trinajstić information content (AvgIpc) is 3.56. The van der Waals surface area contributed by atoms with Crippen LogP contribution in [0.5, 0.6) is 5.88 Å². The third-order valence-electron chi connectivity index (χ3n) is 6.91. The molecule has 0 radical (unpaired) electrons. The smallest absolute Gasteiger partial charge is 0.304 e. The van der Waals surface area contributed by atoms with E-state index in [0.29, 0.717) is 24.7 Å². The summed E-state index contributed by atoms with van der Waals surface area (Å²) in [6.45, 7) is 3.00. The lowest BCUT2D eigenvalue weighted by molar-refractivity contribution is -0.137. The second kappa shape index (κ2) is 11.0. The van der Waals surface area contributed by atoms with Gasteiger partial charge in [-0.25, -0.2) is 9.37 Å². The molecule has 1 fully saturated rings. The number of anilines is 1. The number of carboxylic acids is 1. The van der Waals surface area contributed by atoms with Crippen LogP contribution in [0.4, 0.5) is 10.1 Å².